The van der Waals surface area contributed by atoms with Gasteiger partial charge in [0.25, 0.3) is 5.91 Å². The van der Waals surface area contributed by atoms with Crippen molar-refractivity contribution in [3.63, 3.8) is 0 Å². The molecular weight excluding hydrogens is 444 g/mol. The molecule has 7 heteroatoms. The topological polar surface area (TPSA) is 69.0 Å². The standard InChI is InChI=1S/C27H30N4O2S/c1-3-33-16-4-14-29-26(32)23-11-9-22(10-12-23)19-34-27-30-24-13-15-28-17-25(24)31(27)18-21-7-5-20(2)6-8-21/h5-13,15,17H,3-4,14,16,18-19H2,1-2H3,(H,29,32). The van der Waals surface area contributed by atoms with Crippen LogP contribution in [0.1, 0.15) is 40.4 Å². The largest absolute Gasteiger partial charge is 0.382 e. The van der Waals surface area contributed by atoms with E-state index in [0.29, 0.717) is 25.3 Å². The highest BCUT2D eigenvalue weighted by Crippen LogP contribution is 2.27. The zero-order chi connectivity index (χ0) is 23.8. The highest BCUT2D eigenvalue weighted by molar-refractivity contribution is 7.98. The lowest BCUT2D eigenvalue weighted by Gasteiger charge is -2.10. The molecule has 0 bridgehead atoms. The van der Waals surface area contributed by atoms with E-state index in [9.17, 15) is 4.79 Å². The van der Waals surface area contributed by atoms with Crippen molar-refractivity contribution in [1.29, 1.82) is 0 Å². The molecule has 0 aliphatic heterocycles. The third kappa shape index (κ3) is 6.24. The van der Waals surface area contributed by atoms with Gasteiger partial charge in [-0.2, -0.15) is 0 Å². The van der Waals surface area contributed by atoms with Crippen molar-refractivity contribution < 1.29 is 9.53 Å². The molecule has 34 heavy (non-hydrogen) atoms. The molecule has 2 aromatic carbocycles. The fourth-order valence-electron chi connectivity index (χ4n) is 3.61. The van der Waals surface area contributed by atoms with Crippen molar-refractivity contribution in [3.8, 4) is 0 Å². The van der Waals surface area contributed by atoms with Crippen LogP contribution in [0.15, 0.2) is 72.1 Å². The van der Waals surface area contributed by atoms with Crippen LogP contribution in [-0.4, -0.2) is 40.2 Å². The first-order valence-corrected chi connectivity index (χ1v) is 12.6. The summed E-state index contributed by atoms with van der Waals surface area (Å²) in [5.74, 6) is 0.712. The second-order valence-electron chi connectivity index (χ2n) is 8.12. The molecule has 0 aliphatic carbocycles. The molecule has 0 atom stereocenters. The minimum atomic E-state index is -0.0527. The monoisotopic (exact) mass is 474 g/mol. The summed E-state index contributed by atoms with van der Waals surface area (Å²) < 4.78 is 7.53. The van der Waals surface area contributed by atoms with Crippen LogP contribution in [-0.2, 0) is 17.0 Å². The predicted molar refractivity (Wildman–Crippen MR) is 137 cm³/mol. The van der Waals surface area contributed by atoms with Crippen LogP contribution in [0.4, 0.5) is 0 Å². The van der Waals surface area contributed by atoms with Crippen molar-refractivity contribution in [2.45, 2.75) is 37.7 Å². The Labute approximate surface area is 204 Å². The van der Waals surface area contributed by atoms with Gasteiger partial charge >= 0.3 is 0 Å². The predicted octanol–water partition coefficient (Wildman–Crippen LogP) is 5.24. The second-order valence-corrected chi connectivity index (χ2v) is 9.06. The van der Waals surface area contributed by atoms with E-state index in [-0.39, 0.29) is 5.91 Å². The fourth-order valence-corrected chi connectivity index (χ4v) is 4.58. The number of ether oxygens (including phenoxy) is 1. The molecule has 2 aromatic heterocycles. The van der Waals surface area contributed by atoms with Crippen molar-refractivity contribution in [2.75, 3.05) is 19.8 Å². The Hall–Kier alpha value is -3.16. The molecule has 0 fully saturated rings. The van der Waals surface area contributed by atoms with Crippen LogP contribution < -0.4 is 5.32 Å². The maximum absolute atomic E-state index is 12.3. The van der Waals surface area contributed by atoms with Gasteiger partial charge in [0.05, 0.1) is 23.8 Å². The molecule has 4 aromatic rings. The van der Waals surface area contributed by atoms with Crippen molar-refractivity contribution in [1.82, 2.24) is 19.9 Å². The number of aromatic nitrogens is 3. The summed E-state index contributed by atoms with van der Waals surface area (Å²) in [5.41, 5.74) is 6.26. The first-order chi connectivity index (χ1) is 16.6. The summed E-state index contributed by atoms with van der Waals surface area (Å²) in [6.07, 6.45) is 4.47. The molecule has 4 rings (SSSR count). The number of pyridine rings is 1. The molecule has 6 nitrogen and oxygen atoms in total. The number of imidazole rings is 1. The molecule has 1 amide bonds. The van der Waals surface area contributed by atoms with Crippen LogP contribution in [0.25, 0.3) is 11.0 Å². The van der Waals surface area contributed by atoms with E-state index < -0.39 is 0 Å². The van der Waals surface area contributed by atoms with Gasteiger partial charge in [-0.05, 0) is 49.6 Å². The summed E-state index contributed by atoms with van der Waals surface area (Å²) in [6.45, 7) is 6.79. The number of nitrogens with one attached hydrogen (secondary N) is 1. The van der Waals surface area contributed by atoms with Gasteiger partial charge in [-0.25, -0.2) is 4.98 Å². The van der Waals surface area contributed by atoms with Gasteiger partial charge in [-0.3, -0.25) is 9.78 Å². The third-order valence-corrected chi connectivity index (χ3v) is 6.56. The molecule has 1 N–H and O–H groups in total. The van der Waals surface area contributed by atoms with Gasteiger partial charge in [0.2, 0.25) is 0 Å². The van der Waals surface area contributed by atoms with Crippen LogP contribution in [0.2, 0.25) is 0 Å². The number of hydrogen-bond acceptors (Lipinski definition) is 5. The summed E-state index contributed by atoms with van der Waals surface area (Å²) in [6, 6.07) is 18.3. The van der Waals surface area contributed by atoms with Gasteiger partial charge in [0, 0.05) is 37.3 Å². The SMILES string of the molecule is CCOCCCNC(=O)c1ccc(CSc2nc3ccncc3n2Cc2ccc(C)cc2)cc1. The number of nitrogens with zero attached hydrogens (tertiary/aromatic N) is 3. The molecule has 0 saturated heterocycles. The lowest BCUT2D eigenvalue weighted by atomic mass is 10.1. The van der Waals surface area contributed by atoms with Crippen LogP contribution >= 0.6 is 11.8 Å². The fraction of sp³-hybridized carbons (Fsp3) is 0.296. The van der Waals surface area contributed by atoms with Crippen LogP contribution in [0.3, 0.4) is 0 Å². The van der Waals surface area contributed by atoms with Gasteiger partial charge in [0.1, 0.15) is 0 Å². The quantitative estimate of drug-likeness (QED) is 0.238. The van der Waals surface area contributed by atoms with Gasteiger partial charge in [-0.15, -0.1) is 0 Å². The number of fused-ring (bicyclic) bond motifs is 1. The second kappa shape index (κ2) is 11.8. The number of thioether (sulfide) groups is 1. The van der Waals surface area contributed by atoms with E-state index in [0.717, 1.165) is 40.5 Å². The average molecular weight is 475 g/mol. The van der Waals surface area contributed by atoms with Crippen LogP contribution in [0.5, 0.6) is 0 Å². The molecule has 0 unspecified atom stereocenters. The molecule has 2 heterocycles. The third-order valence-electron chi connectivity index (χ3n) is 5.52. The van der Waals surface area contributed by atoms with E-state index in [1.807, 2.05) is 43.5 Å². The van der Waals surface area contributed by atoms with Crippen molar-refractivity contribution in [2.24, 2.45) is 0 Å². The summed E-state index contributed by atoms with van der Waals surface area (Å²) >= 11 is 1.69. The van der Waals surface area contributed by atoms with E-state index in [4.69, 9.17) is 9.72 Å². The minimum Gasteiger partial charge on any atom is -0.382 e. The van der Waals surface area contributed by atoms with Gasteiger partial charge in [-0.1, -0.05) is 53.7 Å². The minimum absolute atomic E-state index is 0.0527. The molecule has 0 aliphatic rings. The van der Waals surface area contributed by atoms with E-state index in [1.165, 1.54) is 11.1 Å². The van der Waals surface area contributed by atoms with E-state index >= 15 is 0 Å². The first-order valence-electron chi connectivity index (χ1n) is 11.6. The Bertz CT molecular complexity index is 1220. The molecular formula is C27H30N4O2S. The number of carbonyl (C=O) groups is 1. The van der Waals surface area contributed by atoms with Gasteiger partial charge < -0.3 is 14.6 Å². The van der Waals surface area contributed by atoms with Crippen molar-refractivity contribution in [3.05, 3.63) is 89.2 Å². The Kier molecular flexibility index (Phi) is 8.33. The zero-order valence-corrected chi connectivity index (χ0v) is 20.5. The number of hydrogen-bond donors (Lipinski definition) is 1. The number of benzene rings is 2. The smallest absolute Gasteiger partial charge is 0.251 e. The lowest BCUT2D eigenvalue weighted by Crippen LogP contribution is -2.25. The zero-order valence-electron chi connectivity index (χ0n) is 19.7. The van der Waals surface area contributed by atoms with E-state index in [2.05, 4.69) is 46.1 Å². The first kappa shape index (κ1) is 24.0. The van der Waals surface area contributed by atoms with Crippen molar-refractivity contribution >= 4 is 28.7 Å². The maximum atomic E-state index is 12.3. The summed E-state index contributed by atoms with van der Waals surface area (Å²) in [5, 5.41) is 3.90. The van der Waals surface area contributed by atoms with Crippen LogP contribution in [0, 0.1) is 6.92 Å². The maximum Gasteiger partial charge on any atom is 0.251 e. The number of carbonyl (C=O) groups excluding carboxylic acids is 1. The highest BCUT2D eigenvalue weighted by Gasteiger charge is 2.13. The Morgan fingerprint density at radius 3 is 2.59 bits per heavy atom. The number of amides is 1. The molecule has 176 valence electrons. The molecule has 0 spiro atoms. The Morgan fingerprint density at radius 1 is 1.06 bits per heavy atom. The number of rotatable bonds is 11. The lowest BCUT2D eigenvalue weighted by molar-refractivity contribution is 0.0944. The Morgan fingerprint density at radius 2 is 1.82 bits per heavy atom. The van der Waals surface area contributed by atoms with E-state index in [1.54, 1.807) is 18.0 Å². The molecule has 0 radical (unpaired) electrons. The highest BCUT2D eigenvalue weighted by atomic mass is 32.2. The summed E-state index contributed by atoms with van der Waals surface area (Å²) in [4.78, 5) is 21.5. The summed E-state index contributed by atoms with van der Waals surface area (Å²) in [7, 11) is 0. The Balaban J connectivity index is 1.41. The number of aryl methyl sites for hydroxylation is 1. The average Bonchev–Trinajstić information content (AvgIpc) is 3.21. The van der Waals surface area contributed by atoms with Gasteiger partial charge in [0.15, 0.2) is 5.16 Å². The molecule has 0 saturated carbocycles. The normalized spacial score (nSPS) is 11.1.